The van der Waals surface area contributed by atoms with E-state index >= 15 is 0 Å². The van der Waals surface area contributed by atoms with Crippen LogP contribution < -0.4 is 0 Å². The standard InChI is InChI=1S/C20H26FNO4/c21-17-7-5-16(6-8-17)11-22(13-19-3-1-9-25-19)12-18(23)14-24-15-20-4-2-10-26-20/h2,4-8,10,18-19,23H,1,3,9,11-15H2/t18-,19+/m0/s1. The van der Waals surface area contributed by atoms with E-state index in [4.69, 9.17) is 13.9 Å². The molecule has 1 aliphatic heterocycles. The summed E-state index contributed by atoms with van der Waals surface area (Å²) in [6.07, 6.45) is 3.27. The van der Waals surface area contributed by atoms with Gasteiger partial charge in [-0.3, -0.25) is 4.90 Å². The lowest BCUT2D eigenvalue weighted by Gasteiger charge is -2.27. The lowest BCUT2D eigenvalue weighted by Crippen LogP contribution is -2.39. The predicted octanol–water partition coefficient (Wildman–Crippen LogP) is 2.98. The van der Waals surface area contributed by atoms with Crippen molar-refractivity contribution in [1.82, 2.24) is 4.90 Å². The zero-order valence-electron chi connectivity index (χ0n) is 14.9. The van der Waals surface area contributed by atoms with Gasteiger partial charge in [0, 0.05) is 26.2 Å². The Balaban J connectivity index is 1.50. The molecule has 2 heterocycles. The number of benzene rings is 1. The molecule has 0 radical (unpaired) electrons. The maximum Gasteiger partial charge on any atom is 0.129 e. The molecule has 1 aliphatic rings. The summed E-state index contributed by atoms with van der Waals surface area (Å²) in [7, 11) is 0. The molecule has 26 heavy (non-hydrogen) atoms. The second-order valence-corrected chi connectivity index (χ2v) is 6.70. The van der Waals surface area contributed by atoms with Crippen LogP contribution in [0.1, 0.15) is 24.2 Å². The van der Waals surface area contributed by atoms with Crippen molar-refractivity contribution in [2.75, 3.05) is 26.3 Å². The van der Waals surface area contributed by atoms with Crippen molar-refractivity contribution in [1.29, 1.82) is 0 Å². The third-order valence-corrected chi connectivity index (χ3v) is 4.41. The molecule has 1 fully saturated rings. The van der Waals surface area contributed by atoms with Crippen molar-refractivity contribution in [3.05, 3.63) is 59.8 Å². The number of furan rings is 1. The number of aliphatic hydroxyl groups is 1. The quantitative estimate of drug-likeness (QED) is 0.703. The average molecular weight is 363 g/mol. The van der Waals surface area contributed by atoms with E-state index in [-0.39, 0.29) is 18.5 Å². The molecule has 0 bridgehead atoms. The molecule has 0 aliphatic carbocycles. The Morgan fingerprint density at radius 1 is 1.27 bits per heavy atom. The molecule has 5 nitrogen and oxygen atoms in total. The number of hydrogen-bond acceptors (Lipinski definition) is 5. The minimum absolute atomic E-state index is 0.187. The highest BCUT2D eigenvalue weighted by molar-refractivity contribution is 5.16. The second kappa shape index (κ2) is 9.83. The first-order valence-electron chi connectivity index (χ1n) is 9.05. The van der Waals surface area contributed by atoms with Gasteiger partial charge in [-0.2, -0.15) is 0 Å². The average Bonchev–Trinajstić information content (AvgIpc) is 3.31. The van der Waals surface area contributed by atoms with E-state index in [1.807, 2.05) is 6.07 Å². The van der Waals surface area contributed by atoms with Crippen LogP contribution in [0.3, 0.4) is 0 Å². The van der Waals surface area contributed by atoms with E-state index in [2.05, 4.69) is 4.90 Å². The van der Waals surface area contributed by atoms with E-state index in [1.54, 1.807) is 24.5 Å². The van der Waals surface area contributed by atoms with Crippen LogP contribution in [-0.2, 0) is 22.6 Å². The second-order valence-electron chi connectivity index (χ2n) is 6.70. The molecular weight excluding hydrogens is 337 g/mol. The van der Waals surface area contributed by atoms with Gasteiger partial charge < -0.3 is 19.0 Å². The van der Waals surface area contributed by atoms with Crippen molar-refractivity contribution in [3.8, 4) is 0 Å². The molecule has 0 unspecified atom stereocenters. The van der Waals surface area contributed by atoms with Crippen LogP contribution in [0.5, 0.6) is 0 Å². The van der Waals surface area contributed by atoms with Crippen LogP contribution in [0.15, 0.2) is 47.1 Å². The van der Waals surface area contributed by atoms with Crippen LogP contribution >= 0.6 is 0 Å². The lowest BCUT2D eigenvalue weighted by atomic mass is 10.1. The van der Waals surface area contributed by atoms with E-state index in [0.29, 0.717) is 19.7 Å². The first-order chi connectivity index (χ1) is 12.7. The molecule has 1 saturated heterocycles. The Morgan fingerprint density at radius 2 is 2.12 bits per heavy atom. The van der Waals surface area contributed by atoms with E-state index in [1.165, 1.54) is 12.1 Å². The summed E-state index contributed by atoms with van der Waals surface area (Å²) in [6, 6.07) is 10.1. The van der Waals surface area contributed by atoms with Crippen molar-refractivity contribution >= 4 is 0 Å². The number of halogens is 1. The predicted molar refractivity (Wildman–Crippen MR) is 95.0 cm³/mol. The fraction of sp³-hybridized carbons (Fsp3) is 0.500. The summed E-state index contributed by atoms with van der Waals surface area (Å²) >= 11 is 0. The molecule has 0 spiro atoms. The zero-order chi connectivity index (χ0) is 18.2. The maximum atomic E-state index is 13.1. The van der Waals surface area contributed by atoms with Crippen molar-refractivity contribution in [3.63, 3.8) is 0 Å². The van der Waals surface area contributed by atoms with Crippen LogP contribution in [0, 0.1) is 5.82 Å². The number of aliphatic hydroxyl groups excluding tert-OH is 1. The Bertz CT molecular complexity index is 626. The van der Waals surface area contributed by atoms with Crippen molar-refractivity contribution in [2.45, 2.75) is 38.2 Å². The van der Waals surface area contributed by atoms with Gasteiger partial charge in [-0.25, -0.2) is 4.39 Å². The number of rotatable bonds is 10. The molecule has 6 heteroatoms. The van der Waals surface area contributed by atoms with Gasteiger partial charge in [-0.05, 0) is 42.7 Å². The zero-order valence-corrected chi connectivity index (χ0v) is 14.9. The molecule has 2 aromatic rings. The van der Waals surface area contributed by atoms with Gasteiger partial charge in [-0.1, -0.05) is 12.1 Å². The summed E-state index contributed by atoms with van der Waals surface area (Å²) < 4.78 is 29.6. The summed E-state index contributed by atoms with van der Waals surface area (Å²) in [6.45, 7) is 3.21. The molecule has 0 saturated carbocycles. The largest absolute Gasteiger partial charge is 0.467 e. The van der Waals surface area contributed by atoms with Gasteiger partial charge in [0.05, 0.1) is 25.1 Å². The minimum atomic E-state index is -0.619. The Kier molecular flexibility index (Phi) is 7.20. The molecule has 0 amide bonds. The molecule has 1 aromatic heterocycles. The topological polar surface area (TPSA) is 55.1 Å². The monoisotopic (exact) mass is 363 g/mol. The maximum absolute atomic E-state index is 13.1. The molecule has 2 atom stereocenters. The van der Waals surface area contributed by atoms with Gasteiger partial charge >= 0.3 is 0 Å². The van der Waals surface area contributed by atoms with Crippen molar-refractivity contribution in [2.24, 2.45) is 0 Å². The van der Waals surface area contributed by atoms with Crippen LogP contribution in [-0.4, -0.2) is 48.5 Å². The van der Waals surface area contributed by atoms with Crippen molar-refractivity contribution < 1.29 is 23.4 Å². The molecule has 3 rings (SSSR count). The van der Waals surface area contributed by atoms with Gasteiger partial charge in [0.1, 0.15) is 18.2 Å². The fourth-order valence-corrected chi connectivity index (χ4v) is 3.17. The summed E-state index contributed by atoms with van der Waals surface area (Å²) in [5.41, 5.74) is 1.01. The van der Waals surface area contributed by atoms with E-state index in [0.717, 1.165) is 37.3 Å². The summed E-state index contributed by atoms with van der Waals surface area (Å²) in [4.78, 5) is 2.14. The van der Waals surface area contributed by atoms with Gasteiger partial charge in [0.15, 0.2) is 0 Å². The first-order valence-corrected chi connectivity index (χ1v) is 9.05. The molecular formula is C20H26FNO4. The summed E-state index contributed by atoms with van der Waals surface area (Å²) in [5.74, 6) is 0.491. The first kappa shape index (κ1) is 19.0. The third-order valence-electron chi connectivity index (χ3n) is 4.41. The van der Waals surface area contributed by atoms with Crippen LogP contribution in [0.2, 0.25) is 0 Å². The molecule has 1 aromatic carbocycles. The SMILES string of the molecule is O[C@H](COCc1ccco1)CN(Cc1ccc(F)cc1)C[C@H]1CCCO1. The number of ether oxygens (including phenoxy) is 2. The highest BCUT2D eigenvalue weighted by Gasteiger charge is 2.21. The van der Waals surface area contributed by atoms with E-state index < -0.39 is 6.10 Å². The van der Waals surface area contributed by atoms with Gasteiger partial charge in [-0.15, -0.1) is 0 Å². The Hall–Kier alpha value is -1.73. The van der Waals surface area contributed by atoms with Gasteiger partial charge in [0.2, 0.25) is 0 Å². The smallest absolute Gasteiger partial charge is 0.129 e. The lowest BCUT2D eigenvalue weighted by molar-refractivity contribution is -0.00636. The Morgan fingerprint density at radius 3 is 2.81 bits per heavy atom. The molecule has 1 N–H and O–H groups in total. The molecule has 142 valence electrons. The normalized spacial score (nSPS) is 18.5. The highest BCUT2D eigenvalue weighted by Crippen LogP contribution is 2.16. The fourth-order valence-electron chi connectivity index (χ4n) is 3.17. The number of hydrogen-bond donors (Lipinski definition) is 1. The highest BCUT2D eigenvalue weighted by atomic mass is 19.1. The Labute approximate surface area is 153 Å². The third kappa shape index (κ3) is 6.21. The van der Waals surface area contributed by atoms with Crippen LogP contribution in [0.4, 0.5) is 4.39 Å². The van der Waals surface area contributed by atoms with E-state index in [9.17, 15) is 9.50 Å². The summed E-state index contributed by atoms with van der Waals surface area (Å²) in [5, 5.41) is 10.3. The minimum Gasteiger partial charge on any atom is -0.467 e. The van der Waals surface area contributed by atoms with Crippen LogP contribution in [0.25, 0.3) is 0 Å². The van der Waals surface area contributed by atoms with Gasteiger partial charge in [0.25, 0.3) is 0 Å². The number of nitrogens with zero attached hydrogens (tertiary/aromatic N) is 1.